The van der Waals surface area contributed by atoms with Gasteiger partial charge in [-0.3, -0.25) is 9.59 Å². The number of anilines is 2. The van der Waals surface area contributed by atoms with E-state index in [4.69, 9.17) is 0 Å². The lowest BCUT2D eigenvalue weighted by Crippen LogP contribution is -2.47. The molecule has 1 saturated carbocycles. The molecule has 1 aliphatic carbocycles. The van der Waals surface area contributed by atoms with E-state index in [1.807, 2.05) is 6.92 Å². The molecule has 1 saturated heterocycles. The van der Waals surface area contributed by atoms with Crippen LogP contribution in [0.1, 0.15) is 26.2 Å². The number of amides is 3. The van der Waals surface area contributed by atoms with Gasteiger partial charge in [0.1, 0.15) is 0 Å². The maximum absolute atomic E-state index is 12.4. The molecule has 7 nitrogen and oxygen atoms in total. The fourth-order valence-electron chi connectivity index (χ4n) is 3.13. The second-order valence-corrected chi connectivity index (χ2v) is 7.05. The molecule has 0 radical (unpaired) electrons. The number of hydrogen-bond acceptors (Lipinski definition) is 3. The molecule has 2 aliphatic rings. The van der Waals surface area contributed by atoms with Gasteiger partial charge in [-0.05, 0) is 49.4 Å². The summed E-state index contributed by atoms with van der Waals surface area (Å²) in [4.78, 5) is 36.9. The third-order valence-electron chi connectivity index (χ3n) is 4.65. The molecule has 134 valence electrons. The molecule has 1 aliphatic heterocycles. The fourth-order valence-corrected chi connectivity index (χ4v) is 3.13. The van der Waals surface area contributed by atoms with Crippen molar-refractivity contribution in [3.05, 3.63) is 24.3 Å². The highest BCUT2D eigenvalue weighted by molar-refractivity contribution is 5.94. The molecule has 0 spiro atoms. The van der Waals surface area contributed by atoms with Gasteiger partial charge in [-0.2, -0.15) is 0 Å². The van der Waals surface area contributed by atoms with E-state index >= 15 is 0 Å². The third kappa shape index (κ3) is 4.49. The van der Waals surface area contributed by atoms with Gasteiger partial charge >= 0.3 is 12.0 Å². The summed E-state index contributed by atoms with van der Waals surface area (Å²) in [5.74, 6) is -1.04. The number of nitrogens with one attached hydrogen (secondary N) is 2. The van der Waals surface area contributed by atoms with Crippen molar-refractivity contribution < 1.29 is 19.5 Å². The van der Waals surface area contributed by atoms with Crippen LogP contribution >= 0.6 is 0 Å². The number of nitrogens with zero attached hydrogens (tertiary/aromatic N) is 1. The number of piperidine rings is 1. The summed E-state index contributed by atoms with van der Waals surface area (Å²) in [6, 6.07) is 6.64. The van der Waals surface area contributed by atoms with E-state index in [0.717, 1.165) is 12.8 Å². The minimum atomic E-state index is -0.861. The van der Waals surface area contributed by atoms with Crippen molar-refractivity contribution >= 4 is 29.3 Å². The monoisotopic (exact) mass is 345 g/mol. The second kappa shape index (κ2) is 7.13. The van der Waals surface area contributed by atoms with Crippen molar-refractivity contribution in [1.29, 1.82) is 0 Å². The number of rotatable bonds is 4. The number of urea groups is 1. The van der Waals surface area contributed by atoms with Gasteiger partial charge in [0.05, 0.1) is 5.92 Å². The first-order chi connectivity index (χ1) is 11.9. The fraction of sp³-hybridized carbons (Fsp3) is 0.500. The second-order valence-electron chi connectivity index (χ2n) is 7.05. The summed E-state index contributed by atoms with van der Waals surface area (Å²) in [6.45, 7) is 2.72. The molecule has 2 unspecified atom stereocenters. The number of aliphatic carboxylic acids is 1. The zero-order valence-electron chi connectivity index (χ0n) is 14.2. The van der Waals surface area contributed by atoms with E-state index in [2.05, 4.69) is 10.6 Å². The number of carboxylic acids is 1. The van der Waals surface area contributed by atoms with Crippen LogP contribution in [0.5, 0.6) is 0 Å². The van der Waals surface area contributed by atoms with Crippen LogP contribution in [0.3, 0.4) is 0 Å². The Morgan fingerprint density at radius 2 is 1.60 bits per heavy atom. The smallest absolute Gasteiger partial charge is 0.321 e. The van der Waals surface area contributed by atoms with E-state index in [-0.39, 0.29) is 30.3 Å². The maximum Gasteiger partial charge on any atom is 0.321 e. The highest BCUT2D eigenvalue weighted by Gasteiger charge is 2.32. The van der Waals surface area contributed by atoms with Crippen LogP contribution in [-0.2, 0) is 9.59 Å². The Bertz CT molecular complexity index is 669. The maximum atomic E-state index is 12.4. The van der Waals surface area contributed by atoms with E-state index in [9.17, 15) is 19.5 Å². The Balaban J connectivity index is 1.56. The lowest BCUT2D eigenvalue weighted by molar-refractivity contribution is -0.143. The predicted octanol–water partition coefficient (Wildman–Crippen LogP) is 2.61. The highest BCUT2D eigenvalue weighted by atomic mass is 16.4. The molecule has 2 fully saturated rings. The minimum Gasteiger partial charge on any atom is -0.481 e. The Labute approximate surface area is 146 Å². The number of carbonyl (C=O) groups excluding carboxylic acids is 2. The summed E-state index contributed by atoms with van der Waals surface area (Å²) in [7, 11) is 0. The average molecular weight is 345 g/mol. The topological polar surface area (TPSA) is 98.7 Å². The Kier molecular flexibility index (Phi) is 4.92. The Morgan fingerprint density at radius 3 is 2.16 bits per heavy atom. The summed E-state index contributed by atoms with van der Waals surface area (Å²) < 4.78 is 0. The number of carbonyl (C=O) groups is 3. The van der Waals surface area contributed by atoms with Gasteiger partial charge < -0.3 is 20.6 Å². The molecule has 25 heavy (non-hydrogen) atoms. The number of likely N-dealkylation sites (tertiary alicyclic amines) is 1. The number of carboxylic acid groups (broad SMARTS) is 1. The van der Waals surface area contributed by atoms with E-state index in [1.54, 1.807) is 29.2 Å². The molecule has 2 atom stereocenters. The Hall–Kier alpha value is -2.57. The zero-order valence-corrected chi connectivity index (χ0v) is 14.2. The minimum absolute atomic E-state index is 0.0406. The molecular formula is C18H23N3O4. The van der Waals surface area contributed by atoms with Crippen LogP contribution in [0.4, 0.5) is 16.2 Å². The van der Waals surface area contributed by atoms with Crippen LogP contribution in [-0.4, -0.2) is 41.0 Å². The third-order valence-corrected chi connectivity index (χ3v) is 4.65. The molecule has 1 heterocycles. The first-order valence-electron chi connectivity index (χ1n) is 8.62. The zero-order chi connectivity index (χ0) is 18.0. The van der Waals surface area contributed by atoms with E-state index in [1.165, 1.54) is 0 Å². The van der Waals surface area contributed by atoms with Gasteiger partial charge in [0.25, 0.3) is 0 Å². The van der Waals surface area contributed by atoms with Gasteiger partial charge in [0.15, 0.2) is 0 Å². The number of hydrogen-bond donors (Lipinski definition) is 3. The van der Waals surface area contributed by atoms with Gasteiger partial charge in [-0.1, -0.05) is 6.92 Å². The molecule has 7 heteroatoms. The average Bonchev–Trinajstić information content (AvgIpc) is 3.41. The van der Waals surface area contributed by atoms with Crippen LogP contribution in [0.25, 0.3) is 0 Å². The lowest BCUT2D eigenvalue weighted by Gasteiger charge is -2.34. The van der Waals surface area contributed by atoms with Crippen molar-refractivity contribution in [2.75, 3.05) is 23.7 Å². The van der Waals surface area contributed by atoms with Crippen LogP contribution in [0.2, 0.25) is 0 Å². The number of benzene rings is 1. The van der Waals surface area contributed by atoms with Crippen molar-refractivity contribution in [3.8, 4) is 0 Å². The summed E-state index contributed by atoms with van der Waals surface area (Å²) in [5, 5.41) is 14.8. The van der Waals surface area contributed by atoms with Gasteiger partial charge in [0, 0.05) is 30.4 Å². The molecule has 1 aromatic rings. The summed E-state index contributed by atoms with van der Waals surface area (Å²) in [6.07, 6.45) is 2.49. The van der Waals surface area contributed by atoms with Crippen molar-refractivity contribution in [2.45, 2.75) is 26.2 Å². The van der Waals surface area contributed by atoms with E-state index < -0.39 is 11.9 Å². The SMILES string of the molecule is CC1CC(C(=O)O)CN(C(=O)Nc2ccc(NC(=O)C3CC3)cc2)C1. The largest absolute Gasteiger partial charge is 0.481 e. The van der Waals surface area contributed by atoms with Crippen molar-refractivity contribution in [1.82, 2.24) is 4.90 Å². The molecule has 0 bridgehead atoms. The molecule has 0 aromatic heterocycles. The van der Waals surface area contributed by atoms with Crippen LogP contribution < -0.4 is 10.6 Å². The normalized spacial score (nSPS) is 23.0. The standard InChI is InChI=1S/C18H23N3O4/c1-11-8-13(17(23)24)10-21(9-11)18(25)20-15-6-4-14(5-7-15)19-16(22)12-2-3-12/h4-7,11-13H,2-3,8-10H2,1H3,(H,19,22)(H,20,25)(H,23,24). The molecule has 1 aromatic carbocycles. The van der Waals surface area contributed by atoms with Gasteiger partial charge in [0.2, 0.25) is 5.91 Å². The predicted molar refractivity (Wildman–Crippen MR) is 93.3 cm³/mol. The summed E-state index contributed by atoms with van der Waals surface area (Å²) >= 11 is 0. The summed E-state index contributed by atoms with van der Waals surface area (Å²) in [5.41, 5.74) is 1.31. The van der Waals surface area contributed by atoms with Crippen molar-refractivity contribution in [3.63, 3.8) is 0 Å². The molecule has 3 N–H and O–H groups in total. The quantitative estimate of drug-likeness (QED) is 0.781. The van der Waals surface area contributed by atoms with Gasteiger partial charge in [-0.25, -0.2) is 4.79 Å². The Morgan fingerprint density at radius 1 is 1.00 bits per heavy atom. The molecule has 3 rings (SSSR count). The highest BCUT2D eigenvalue weighted by Crippen LogP contribution is 2.30. The van der Waals surface area contributed by atoms with E-state index in [0.29, 0.717) is 24.3 Å². The van der Waals surface area contributed by atoms with Crippen molar-refractivity contribution in [2.24, 2.45) is 17.8 Å². The first-order valence-corrected chi connectivity index (χ1v) is 8.62. The first kappa shape index (κ1) is 17.3. The van der Waals surface area contributed by atoms with Crippen LogP contribution in [0.15, 0.2) is 24.3 Å². The van der Waals surface area contributed by atoms with Crippen LogP contribution in [0, 0.1) is 17.8 Å². The molecule has 3 amide bonds. The van der Waals surface area contributed by atoms with Gasteiger partial charge in [-0.15, -0.1) is 0 Å². The molecular weight excluding hydrogens is 322 g/mol. The lowest BCUT2D eigenvalue weighted by atomic mass is 9.91.